The van der Waals surface area contributed by atoms with E-state index in [2.05, 4.69) is 10.1 Å². The Morgan fingerprint density at radius 3 is 2.63 bits per heavy atom. The minimum Gasteiger partial charge on any atom is -0.365 e. The number of amides is 1. The quantitative estimate of drug-likeness (QED) is 0.584. The number of carbonyl (C=O) groups excluding carboxylic acids is 1. The lowest BCUT2D eigenvalue weighted by atomic mass is 10.1. The summed E-state index contributed by atoms with van der Waals surface area (Å²) in [5.74, 6) is -1.10. The minimum atomic E-state index is -0.794. The fourth-order valence-electron chi connectivity index (χ4n) is 3.04. The number of halogens is 1. The number of aromatic amines is 1. The van der Waals surface area contributed by atoms with Crippen molar-refractivity contribution in [3.8, 4) is 11.4 Å². The molecule has 7 heteroatoms. The Labute approximate surface area is 153 Å². The predicted molar refractivity (Wildman–Crippen MR) is 99.8 cm³/mol. The van der Waals surface area contributed by atoms with Gasteiger partial charge in [0.25, 0.3) is 5.91 Å². The molecule has 0 radical (unpaired) electrons. The number of benzene rings is 2. The van der Waals surface area contributed by atoms with E-state index in [9.17, 15) is 14.0 Å². The summed E-state index contributed by atoms with van der Waals surface area (Å²) in [6, 6.07) is 15.3. The molecular formula is C20H15FN4O2. The maximum Gasteiger partial charge on any atom is 0.254 e. The molecule has 0 fully saturated rings. The molecule has 27 heavy (non-hydrogen) atoms. The van der Waals surface area contributed by atoms with Crippen LogP contribution in [-0.4, -0.2) is 20.7 Å². The Morgan fingerprint density at radius 2 is 1.89 bits per heavy atom. The van der Waals surface area contributed by atoms with Gasteiger partial charge in [-0.2, -0.15) is 5.10 Å². The molecule has 1 amide bonds. The van der Waals surface area contributed by atoms with Gasteiger partial charge in [-0.05, 0) is 12.1 Å². The molecule has 3 N–H and O–H groups in total. The molecule has 0 atom stereocenters. The molecular weight excluding hydrogens is 347 g/mol. The van der Waals surface area contributed by atoms with E-state index in [0.29, 0.717) is 17.0 Å². The van der Waals surface area contributed by atoms with Crippen molar-refractivity contribution in [2.75, 3.05) is 0 Å². The second-order valence-corrected chi connectivity index (χ2v) is 6.10. The van der Waals surface area contributed by atoms with Crippen LogP contribution in [0.2, 0.25) is 0 Å². The molecule has 0 unspecified atom stereocenters. The number of carbonyl (C=O) groups is 1. The number of nitrogens with zero attached hydrogens (tertiary/aromatic N) is 2. The van der Waals surface area contributed by atoms with Crippen LogP contribution in [-0.2, 0) is 6.54 Å². The van der Waals surface area contributed by atoms with Crippen LogP contribution in [0.5, 0.6) is 0 Å². The summed E-state index contributed by atoms with van der Waals surface area (Å²) in [4.78, 5) is 26.3. The summed E-state index contributed by atoms with van der Waals surface area (Å²) >= 11 is 0. The fraction of sp³-hybridized carbons (Fsp3) is 0.0500. The molecule has 6 nitrogen and oxygen atoms in total. The molecule has 2 heterocycles. The third kappa shape index (κ3) is 2.99. The lowest BCUT2D eigenvalue weighted by Gasteiger charge is -2.05. The lowest BCUT2D eigenvalue weighted by Crippen LogP contribution is -2.21. The highest BCUT2D eigenvalue weighted by Crippen LogP contribution is 2.26. The standard InChI is InChI=1S/C20H15FN4O2/c21-15-7-3-1-5-12(15)11-25-17-8-4-2-6-13(17)19(24-25)16-9-18(26)14(10-23-16)20(22)27/h1-10H,11H2,(H2,22,27)(H,23,26). The van der Waals surface area contributed by atoms with Gasteiger partial charge in [-0.1, -0.05) is 36.4 Å². The normalized spacial score (nSPS) is 11.0. The topological polar surface area (TPSA) is 93.8 Å². The Bertz CT molecular complexity index is 1230. The Kier molecular flexibility index (Phi) is 4.04. The van der Waals surface area contributed by atoms with Crippen molar-refractivity contribution in [2.24, 2.45) is 5.73 Å². The van der Waals surface area contributed by atoms with E-state index in [1.54, 1.807) is 22.9 Å². The number of nitrogens with two attached hydrogens (primary N) is 1. The third-order valence-electron chi connectivity index (χ3n) is 4.37. The average Bonchev–Trinajstić information content (AvgIpc) is 3.02. The number of para-hydroxylation sites is 1. The molecule has 4 aromatic rings. The smallest absolute Gasteiger partial charge is 0.254 e. The number of H-pyrrole nitrogens is 1. The van der Waals surface area contributed by atoms with Gasteiger partial charge in [0.15, 0.2) is 5.43 Å². The Morgan fingerprint density at radius 1 is 1.15 bits per heavy atom. The molecule has 0 aliphatic rings. The molecule has 0 aliphatic heterocycles. The molecule has 0 bridgehead atoms. The van der Waals surface area contributed by atoms with Crippen LogP contribution in [0.1, 0.15) is 15.9 Å². The molecule has 0 saturated carbocycles. The van der Waals surface area contributed by atoms with Crippen LogP contribution in [0.15, 0.2) is 65.6 Å². The van der Waals surface area contributed by atoms with Gasteiger partial charge in [-0.3, -0.25) is 14.3 Å². The van der Waals surface area contributed by atoms with Crippen molar-refractivity contribution in [1.29, 1.82) is 0 Å². The van der Waals surface area contributed by atoms with Crippen molar-refractivity contribution in [1.82, 2.24) is 14.8 Å². The number of fused-ring (bicyclic) bond motifs is 1. The van der Waals surface area contributed by atoms with Crippen molar-refractivity contribution in [3.63, 3.8) is 0 Å². The van der Waals surface area contributed by atoms with Crippen LogP contribution in [0.25, 0.3) is 22.3 Å². The maximum absolute atomic E-state index is 14.0. The molecule has 2 aromatic carbocycles. The SMILES string of the molecule is NC(=O)c1c[nH]c(-c2nn(Cc3ccccc3F)c3ccccc23)cc1=O. The highest BCUT2D eigenvalue weighted by Gasteiger charge is 2.15. The summed E-state index contributed by atoms with van der Waals surface area (Å²) in [6.07, 6.45) is 1.28. The maximum atomic E-state index is 14.0. The van der Waals surface area contributed by atoms with Gasteiger partial charge >= 0.3 is 0 Å². The van der Waals surface area contributed by atoms with Gasteiger partial charge in [0.05, 0.1) is 17.8 Å². The minimum absolute atomic E-state index is 0.117. The van der Waals surface area contributed by atoms with Crippen LogP contribution in [0.3, 0.4) is 0 Å². The van der Waals surface area contributed by atoms with E-state index in [0.717, 1.165) is 10.9 Å². The van der Waals surface area contributed by atoms with Gasteiger partial charge in [-0.25, -0.2) is 4.39 Å². The fourth-order valence-corrected chi connectivity index (χ4v) is 3.04. The number of pyridine rings is 1. The van der Waals surface area contributed by atoms with Gasteiger partial charge in [-0.15, -0.1) is 0 Å². The van der Waals surface area contributed by atoms with E-state index in [1.807, 2.05) is 24.3 Å². The van der Waals surface area contributed by atoms with Gasteiger partial charge in [0, 0.05) is 23.2 Å². The van der Waals surface area contributed by atoms with Crippen molar-refractivity contribution in [3.05, 3.63) is 88.0 Å². The highest BCUT2D eigenvalue weighted by atomic mass is 19.1. The molecule has 0 spiro atoms. The zero-order valence-electron chi connectivity index (χ0n) is 14.1. The molecule has 0 saturated heterocycles. The van der Waals surface area contributed by atoms with E-state index < -0.39 is 11.3 Å². The summed E-state index contributed by atoms with van der Waals surface area (Å²) in [6.45, 7) is 0.247. The Hall–Kier alpha value is -3.74. The lowest BCUT2D eigenvalue weighted by molar-refractivity contribution is 0.0999. The second kappa shape index (κ2) is 6.53. The van der Waals surface area contributed by atoms with Crippen molar-refractivity contribution < 1.29 is 9.18 Å². The first kappa shape index (κ1) is 16.7. The monoisotopic (exact) mass is 362 g/mol. The van der Waals surface area contributed by atoms with Crippen molar-refractivity contribution >= 4 is 16.8 Å². The van der Waals surface area contributed by atoms with Gasteiger partial charge < -0.3 is 10.7 Å². The number of nitrogens with one attached hydrogen (secondary N) is 1. The van der Waals surface area contributed by atoms with Gasteiger partial charge in [0.2, 0.25) is 0 Å². The number of hydrogen-bond acceptors (Lipinski definition) is 3. The zero-order valence-corrected chi connectivity index (χ0v) is 14.1. The molecule has 4 rings (SSSR count). The largest absolute Gasteiger partial charge is 0.365 e. The average molecular weight is 362 g/mol. The number of rotatable bonds is 4. The first-order chi connectivity index (χ1) is 13.0. The predicted octanol–water partition coefficient (Wildman–Crippen LogP) is 2.68. The summed E-state index contributed by atoms with van der Waals surface area (Å²) in [5.41, 5.74) is 6.88. The summed E-state index contributed by atoms with van der Waals surface area (Å²) in [7, 11) is 0. The van der Waals surface area contributed by atoms with E-state index in [1.165, 1.54) is 18.3 Å². The van der Waals surface area contributed by atoms with E-state index >= 15 is 0 Å². The summed E-state index contributed by atoms with van der Waals surface area (Å²) in [5, 5.41) is 5.38. The highest BCUT2D eigenvalue weighted by molar-refractivity contribution is 5.94. The number of aromatic nitrogens is 3. The molecule has 0 aliphatic carbocycles. The second-order valence-electron chi connectivity index (χ2n) is 6.10. The third-order valence-corrected chi connectivity index (χ3v) is 4.37. The zero-order chi connectivity index (χ0) is 19.0. The van der Waals surface area contributed by atoms with Crippen LogP contribution < -0.4 is 11.2 Å². The van der Waals surface area contributed by atoms with Gasteiger partial charge in [0.1, 0.15) is 17.1 Å². The van der Waals surface area contributed by atoms with Crippen LogP contribution in [0.4, 0.5) is 4.39 Å². The first-order valence-corrected chi connectivity index (χ1v) is 8.26. The van der Waals surface area contributed by atoms with E-state index in [4.69, 9.17) is 5.73 Å². The first-order valence-electron chi connectivity index (χ1n) is 8.26. The number of primary amides is 1. The van der Waals surface area contributed by atoms with Crippen LogP contribution in [0, 0.1) is 5.82 Å². The van der Waals surface area contributed by atoms with Crippen LogP contribution >= 0.6 is 0 Å². The van der Waals surface area contributed by atoms with E-state index in [-0.39, 0.29) is 17.9 Å². The van der Waals surface area contributed by atoms with Crippen molar-refractivity contribution in [2.45, 2.75) is 6.54 Å². The molecule has 134 valence electrons. The summed E-state index contributed by atoms with van der Waals surface area (Å²) < 4.78 is 15.7. The molecule has 2 aromatic heterocycles. The Balaban J connectivity index is 1.86. The number of hydrogen-bond donors (Lipinski definition) is 2.